The summed E-state index contributed by atoms with van der Waals surface area (Å²) < 4.78 is 0. The molecule has 0 fully saturated rings. The largest absolute Gasteiger partial charge is 0.352 e. The number of carbonyl (C=O) groups is 2. The van der Waals surface area contributed by atoms with E-state index in [0.717, 1.165) is 12.1 Å². The second-order valence-corrected chi connectivity index (χ2v) is 4.67. The van der Waals surface area contributed by atoms with Crippen molar-refractivity contribution in [2.24, 2.45) is 0 Å². The molecule has 6 nitrogen and oxygen atoms in total. The number of nitrogens with zero attached hydrogens (tertiary/aromatic N) is 2. The zero-order valence-electron chi connectivity index (χ0n) is 12.0. The zero-order valence-corrected chi connectivity index (χ0v) is 12.0. The number of aryl methyl sites for hydroxylation is 1. The van der Waals surface area contributed by atoms with Gasteiger partial charge in [-0.05, 0) is 33.3 Å². The highest BCUT2D eigenvalue weighted by Crippen LogP contribution is 2.05. The predicted octanol–water partition coefficient (Wildman–Crippen LogP) is 0.959. The first-order chi connectivity index (χ1) is 8.97. The van der Waals surface area contributed by atoms with Crippen LogP contribution in [0.5, 0.6) is 0 Å². The molecule has 0 spiro atoms. The highest BCUT2D eigenvalue weighted by molar-refractivity contribution is 5.95. The van der Waals surface area contributed by atoms with Gasteiger partial charge in [0.15, 0.2) is 0 Å². The average molecular weight is 266 g/mol. The van der Waals surface area contributed by atoms with E-state index >= 15 is 0 Å². The molecule has 2 amide bonds. The zero-order chi connectivity index (χ0) is 14.4. The molecule has 0 aliphatic heterocycles. The number of amides is 2. The molecule has 0 aromatic carbocycles. The SMILES string of the molecule is CCc1cc(C(=O)N(CC)CC(=O)NC(C)C)n[nH]1. The summed E-state index contributed by atoms with van der Waals surface area (Å²) in [6, 6.07) is 1.80. The first-order valence-electron chi connectivity index (χ1n) is 6.60. The Bertz CT molecular complexity index is 440. The molecule has 0 aliphatic carbocycles. The van der Waals surface area contributed by atoms with Crippen LogP contribution in [0.15, 0.2) is 6.07 Å². The third kappa shape index (κ3) is 4.39. The summed E-state index contributed by atoms with van der Waals surface area (Å²) in [5, 5.41) is 9.55. The minimum Gasteiger partial charge on any atom is -0.352 e. The Balaban J connectivity index is 2.68. The number of aromatic nitrogens is 2. The van der Waals surface area contributed by atoms with Crippen molar-refractivity contribution in [1.29, 1.82) is 0 Å². The van der Waals surface area contributed by atoms with E-state index in [9.17, 15) is 9.59 Å². The summed E-state index contributed by atoms with van der Waals surface area (Å²) in [4.78, 5) is 25.4. The average Bonchev–Trinajstić information content (AvgIpc) is 2.82. The maximum Gasteiger partial charge on any atom is 0.274 e. The number of H-pyrrole nitrogens is 1. The summed E-state index contributed by atoms with van der Waals surface area (Å²) in [5.74, 6) is -0.381. The normalized spacial score (nSPS) is 10.6. The molecule has 0 bridgehead atoms. The number of aromatic amines is 1. The molecule has 106 valence electrons. The number of carbonyl (C=O) groups excluding carboxylic acids is 2. The van der Waals surface area contributed by atoms with Gasteiger partial charge in [-0.2, -0.15) is 5.10 Å². The van der Waals surface area contributed by atoms with Gasteiger partial charge in [-0.3, -0.25) is 14.7 Å². The molecular formula is C13H22N4O2. The molecule has 1 aromatic rings. The van der Waals surface area contributed by atoms with Crippen molar-refractivity contribution in [3.8, 4) is 0 Å². The van der Waals surface area contributed by atoms with Gasteiger partial charge >= 0.3 is 0 Å². The van der Waals surface area contributed by atoms with Crippen LogP contribution in [0.25, 0.3) is 0 Å². The minimum absolute atomic E-state index is 0.0574. The monoisotopic (exact) mass is 266 g/mol. The van der Waals surface area contributed by atoms with Gasteiger partial charge in [0, 0.05) is 18.3 Å². The molecule has 0 atom stereocenters. The smallest absolute Gasteiger partial charge is 0.274 e. The first-order valence-corrected chi connectivity index (χ1v) is 6.60. The number of likely N-dealkylation sites (N-methyl/N-ethyl adjacent to an activating group) is 1. The van der Waals surface area contributed by atoms with E-state index in [4.69, 9.17) is 0 Å². The van der Waals surface area contributed by atoms with Crippen LogP contribution in [0.4, 0.5) is 0 Å². The standard InChI is InChI=1S/C13H22N4O2/c1-5-10-7-11(16-15-10)13(19)17(6-2)8-12(18)14-9(3)4/h7,9H,5-6,8H2,1-4H3,(H,14,18)(H,15,16). The second kappa shape index (κ2) is 6.92. The van der Waals surface area contributed by atoms with Crippen LogP contribution in [0.1, 0.15) is 43.9 Å². The lowest BCUT2D eigenvalue weighted by Gasteiger charge is -2.20. The molecule has 1 heterocycles. The molecule has 19 heavy (non-hydrogen) atoms. The molecule has 2 N–H and O–H groups in total. The lowest BCUT2D eigenvalue weighted by molar-refractivity contribution is -0.122. The lowest BCUT2D eigenvalue weighted by Crippen LogP contribution is -2.42. The van der Waals surface area contributed by atoms with E-state index in [1.54, 1.807) is 6.07 Å². The number of hydrogen-bond acceptors (Lipinski definition) is 3. The van der Waals surface area contributed by atoms with E-state index in [-0.39, 0.29) is 24.4 Å². The summed E-state index contributed by atoms with van der Waals surface area (Å²) >= 11 is 0. The van der Waals surface area contributed by atoms with Crippen LogP contribution >= 0.6 is 0 Å². The highest BCUT2D eigenvalue weighted by Gasteiger charge is 2.19. The van der Waals surface area contributed by atoms with Gasteiger partial charge in [-0.15, -0.1) is 0 Å². The molecule has 1 rings (SSSR count). The van der Waals surface area contributed by atoms with Gasteiger partial charge < -0.3 is 10.2 Å². The van der Waals surface area contributed by atoms with E-state index in [0.29, 0.717) is 12.2 Å². The van der Waals surface area contributed by atoms with E-state index in [2.05, 4.69) is 15.5 Å². The molecular weight excluding hydrogens is 244 g/mol. The van der Waals surface area contributed by atoms with Crippen LogP contribution in [0.3, 0.4) is 0 Å². The van der Waals surface area contributed by atoms with E-state index in [1.807, 2.05) is 27.7 Å². The van der Waals surface area contributed by atoms with Gasteiger partial charge in [0.25, 0.3) is 5.91 Å². The Morgan fingerprint density at radius 1 is 1.42 bits per heavy atom. The quantitative estimate of drug-likeness (QED) is 0.805. The number of hydrogen-bond donors (Lipinski definition) is 2. The molecule has 1 aromatic heterocycles. The maximum absolute atomic E-state index is 12.2. The summed E-state index contributed by atoms with van der Waals surface area (Å²) in [6.07, 6.45) is 0.792. The Hall–Kier alpha value is -1.85. The third-order valence-corrected chi connectivity index (χ3v) is 2.68. The molecule has 0 aliphatic rings. The third-order valence-electron chi connectivity index (χ3n) is 2.68. The Labute approximate surface area is 113 Å². The molecule has 0 unspecified atom stereocenters. The number of rotatable bonds is 6. The maximum atomic E-state index is 12.2. The lowest BCUT2D eigenvalue weighted by atomic mass is 10.3. The van der Waals surface area contributed by atoms with Crippen molar-refractivity contribution >= 4 is 11.8 Å². The van der Waals surface area contributed by atoms with Gasteiger partial charge in [-0.1, -0.05) is 6.92 Å². The van der Waals surface area contributed by atoms with Crippen LogP contribution in [0.2, 0.25) is 0 Å². The Morgan fingerprint density at radius 3 is 2.58 bits per heavy atom. The van der Waals surface area contributed by atoms with Crippen molar-refractivity contribution in [1.82, 2.24) is 20.4 Å². The minimum atomic E-state index is -0.225. The van der Waals surface area contributed by atoms with Crippen molar-refractivity contribution < 1.29 is 9.59 Å². The Kier molecular flexibility index (Phi) is 5.54. The topological polar surface area (TPSA) is 78.1 Å². The van der Waals surface area contributed by atoms with Crippen molar-refractivity contribution in [2.75, 3.05) is 13.1 Å². The van der Waals surface area contributed by atoms with Gasteiger partial charge in [0.05, 0.1) is 6.54 Å². The summed E-state index contributed by atoms with van der Waals surface area (Å²) in [6.45, 7) is 8.12. The van der Waals surface area contributed by atoms with Crippen LogP contribution in [-0.2, 0) is 11.2 Å². The fraction of sp³-hybridized carbons (Fsp3) is 0.615. The fourth-order valence-electron chi connectivity index (χ4n) is 1.68. The first kappa shape index (κ1) is 15.2. The van der Waals surface area contributed by atoms with Gasteiger partial charge in [-0.25, -0.2) is 0 Å². The van der Waals surface area contributed by atoms with Gasteiger partial charge in [0.2, 0.25) is 5.91 Å². The van der Waals surface area contributed by atoms with Crippen molar-refractivity contribution in [3.05, 3.63) is 17.5 Å². The summed E-state index contributed by atoms with van der Waals surface area (Å²) in [7, 11) is 0. The second-order valence-electron chi connectivity index (χ2n) is 4.67. The van der Waals surface area contributed by atoms with Gasteiger partial charge in [0.1, 0.15) is 5.69 Å². The molecule has 6 heteroatoms. The van der Waals surface area contributed by atoms with Crippen molar-refractivity contribution in [3.63, 3.8) is 0 Å². The number of nitrogens with one attached hydrogen (secondary N) is 2. The van der Waals surface area contributed by atoms with Crippen LogP contribution in [-0.4, -0.2) is 46.0 Å². The fourth-order valence-corrected chi connectivity index (χ4v) is 1.68. The van der Waals surface area contributed by atoms with E-state index in [1.165, 1.54) is 4.90 Å². The molecule has 0 saturated carbocycles. The van der Waals surface area contributed by atoms with E-state index < -0.39 is 0 Å². The van der Waals surface area contributed by atoms with Crippen LogP contribution < -0.4 is 5.32 Å². The van der Waals surface area contributed by atoms with Crippen molar-refractivity contribution in [2.45, 2.75) is 40.2 Å². The summed E-state index contributed by atoms with van der Waals surface area (Å²) in [5.41, 5.74) is 1.27. The molecule has 0 saturated heterocycles. The predicted molar refractivity (Wildman–Crippen MR) is 72.8 cm³/mol. The molecule has 0 radical (unpaired) electrons. The van der Waals surface area contributed by atoms with Crippen LogP contribution in [0, 0.1) is 0 Å². The Morgan fingerprint density at radius 2 is 2.11 bits per heavy atom. The highest BCUT2D eigenvalue weighted by atomic mass is 16.2.